The van der Waals surface area contributed by atoms with E-state index in [9.17, 15) is 9.90 Å². The Morgan fingerprint density at radius 1 is 1.00 bits per heavy atom. The van der Waals surface area contributed by atoms with Gasteiger partial charge in [0.2, 0.25) is 0 Å². The molecule has 2 rings (SSSR count). The van der Waals surface area contributed by atoms with Crippen molar-refractivity contribution in [3.63, 3.8) is 0 Å². The summed E-state index contributed by atoms with van der Waals surface area (Å²) in [7, 11) is 0. The van der Waals surface area contributed by atoms with E-state index in [1.165, 1.54) is 11.1 Å². The first-order chi connectivity index (χ1) is 13.5. The Morgan fingerprint density at radius 2 is 1.62 bits per heavy atom. The second kappa shape index (κ2) is 9.02. The fourth-order valence-electron chi connectivity index (χ4n) is 3.63. The number of benzene rings is 2. The van der Waals surface area contributed by atoms with Gasteiger partial charge in [-0.05, 0) is 66.0 Å². The van der Waals surface area contributed by atoms with Crippen LogP contribution in [0.1, 0.15) is 87.0 Å². The van der Waals surface area contributed by atoms with Crippen LogP contribution < -0.4 is 4.74 Å². The summed E-state index contributed by atoms with van der Waals surface area (Å²) in [5.41, 5.74) is 4.84. The molecular weight excluding hydrogens is 360 g/mol. The van der Waals surface area contributed by atoms with E-state index in [0.717, 1.165) is 42.7 Å². The van der Waals surface area contributed by atoms with E-state index >= 15 is 0 Å². The Kier molecular flexibility index (Phi) is 7.15. The molecule has 0 amide bonds. The van der Waals surface area contributed by atoms with Gasteiger partial charge in [0.25, 0.3) is 0 Å². The highest BCUT2D eigenvalue weighted by Gasteiger charge is 2.28. The molecule has 29 heavy (non-hydrogen) atoms. The van der Waals surface area contributed by atoms with E-state index < -0.39 is 5.97 Å². The van der Waals surface area contributed by atoms with Crippen LogP contribution in [0.25, 0.3) is 0 Å². The number of aryl methyl sites for hydroxylation is 2. The first-order valence-corrected chi connectivity index (χ1v) is 10.6. The minimum Gasteiger partial charge on any atom is -0.493 e. The van der Waals surface area contributed by atoms with Gasteiger partial charge >= 0.3 is 5.97 Å². The molecule has 2 aromatic carbocycles. The Hall–Kier alpha value is -2.29. The Labute approximate surface area is 176 Å². The molecule has 0 bridgehead atoms. The van der Waals surface area contributed by atoms with Gasteiger partial charge < -0.3 is 9.84 Å². The lowest BCUT2D eigenvalue weighted by Crippen LogP contribution is -2.23. The smallest absolute Gasteiger partial charge is 0.335 e. The van der Waals surface area contributed by atoms with Gasteiger partial charge in [-0.3, -0.25) is 0 Å². The number of carboxylic acids is 1. The lowest BCUT2D eigenvalue weighted by molar-refractivity contribution is 0.0696. The molecule has 0 aliphatic heterocycles. The van der Waals surface area contributed by atoms with Crippen molar-refractivity contribution < 1.29 is 14.6 Å². The monoisotopic (exact) mass is 396 g/mol. The van der Waals surface area contributed by atoms with Crippen molar-refractivity contribution in [2.45, 2.75) is 73.1 Å². The molecule has 2 aromatic rings. The summed E-state index contributed by atoms with van der Waals surface area (Å²) in [6.45, 7) is 15.8. The van der Waals surface area contributed by atoms with E-state index in [1.54, 1.807) is 6.07 Å². The van der Waals surface area contributed by atoms with E-state index in [1.807, 2.05) is 19.1 Å². The molecule has 1 unspecified atom stereocenters. The molecule has 0 aliphatic carbocycles. The van der Waals surface area contributed by atoms with Gasteiger partial charge in [-0.25, -0.2) is 4.79 Å². The quantitative estimate of drug-likeness (QED) is 0.534. The zero-order valence-corrected chi connectivity index (χ0v) is 19.1. The van der Waals surface area contributed by atoms with Crippen molar-refractivity contribution in [2.24, 2.45) is 5.41 Å². The number of carboxylic acid groups (broad SMARTS) is 1. The molecule has 0 aliphatic rings. The summed E-state index contributed by atoms with van der Waals surface area (Å²) >= 11 is 0. The van der Waals surface area contributed by atoms with Crippen molar-refractivity contribution >= 4 is 5.97 Å². The third-order valence-electron chi connectivity index (χ3n) is 5.99. The minimum atomic E-state index is -0.878. The second-order valence-corrected chi connectivity index (χ2v) is 9.36. The average Bonchev–Trinajstić information content (AvgIpc) is 2.66. The van der Waals surface area contributed by atoms with Crippen molar-refractivity contribution in [3.05, 3.63) is 64.2 Å². The summed E-state index contributed by atoms with van der Waals surface area (Å²) < 4.78 is 6.11. The maximum Gasteiger partial charge on any atom is 0.335 e. The van der Waals surface area contributed by atoms with Crippen LogP contribution in [0, 0.1) is 12.3 Å². The van der Waals surface area contributed by atoms with E-state index in [-0.39, 0.29) is 10.8 Å². The first-order valence-electron chi connectivity index (χ1n) is 10.6. The summed E-state index contributed by atoms with van der Waals surface area (Å²) in [6.07, 6.45) is 2.85. The van der Waals surface area contributed by atoms with Crippen molar-refractivity contribution in [1.82, 2.24) is 0 Å². The number of rotatable bonds is 8. The molecule has 0 saturated carbocycles. The van der Waals surface area contributed by atoms with Gasteiger partial charge in [0.1, 0.15) is 5.75 Å². The molecule has 158 valence electrons. The summed E-state index contributed by atoms with van der Waals surface area (Å²) in [6, 6.07) is 12.2. The molecule has 1 atom stereocenters. The molecule has 3 nitrogen and oxygen atoms in total. The van der Waals surface area contributed by atoms with Crippen LogP contribution in [-0.4, -0.2) is 17.7 Å². The maximum atomic E-state index is 11.4. The topological polar surface area (TPSA) is 46.5 Å². The summed E-state index contributed by atoms with van der Waals surface area (Å²) in [4.78, 5) is 11.4. The van der Waals surface area contributed by atoms with Crippen molar-refractivity contribution in [1.29, 1.82) is 0 Å². The highest BCUT2D eigenvalue weighted by atomic mass is 16.5. The van der Waals surface area contributed by atoms with Crippen LogP contribution in [-0.2, 0) is 11.8 Å². The van der Waals surface area contributed by atoms with Gasteiger partial charge in [-0.15, -0.1) is 0 Å². The van der Waals surface area contributed by atoms with Gasteiger partial charge in [0.05, 0.1) is 12.2 Å². The van der Waals surface area contributed by atoms with Crippen LogP contribution >= 0.6 is 0 Å². The number of carbonyl (C=O) groups is 1. The fourth-order valence-corrected chi connectivity index (χ4v) is 3.63. The lowest BCUT2D eigenvalue weighted by atomic mass is 9.73. The van der Waals surface area contributed by atoms with Crippen LogP contribution in [0.2, 0.25) is 0 Å². The predicted octanol–water partition coefficient (Wildman–Crippen LogP) is 6.79. The molecule has 0 saturated heterocycles. The molecule has 0 radical (unpaired) electrons. The second-order valence-electron chi connectivity index (χ2n) is 9.36. The summed E-state index contributed by atoms with van der Waals surface area (Å²) in [5.74, 6) is 0.0913. The minimum absolute atomic E-state index is 0.185. The van der Waals surface area contributed by atoms with E-state index in [2.05, 4.69) is 59.7 Å². The number of hydrogen-bond donors (Lipinski definition) is 1. The van der Waals surface area contributed by atoms with Crippen molar-refractivity contribution in [2.75, 3.05) is 6.61 Å². The third-order valence-corrected chi connectivity index (χ3v) is 5.99. The normalized spacial score (nSPS) is 13.8. The highest BCUT2D eigenvalue weighted by molar-refractivity contribution is 5.89. The largest absolute Gasteiger partial charge is 0.493 e. The van der Waals surface area contributed by atoms with Crippen LogP contribution in [0.15, 0.2) is 36.4 Å². The number of hydrogen-bond acceptors (Lipinski definition) is 2. The van der Waals surface area contributed by atoms with Gasteiger partial charge in [-0.1, -0.05) is 65.8 Å². The molecule has 0 heterocycles. The van der Waals surface area contributed by atoms with Crippen LogP contribution in [0.3, 0.4) is 0 Å². The fraction of sp³-hybridized carbons (Fsp3) is 0.500. The Balaban J connectivity index is 2.37. The van der Waals surface area contributed by atoms with Crippen LogP contribution in [0.5, 0.6) is 5.75 Å². The third kappa shape index (κ3) is 5.41. The van der Waals surface area contributed by atoms with Gasteiger partial charge in [0.15, 0.2) is 0 Å². The zero-order chi connectivity index (χ0) is 21.8. The van der Waals surface area contributed by atoms with Gasteiger partial charge in [-0.2, -0.15) is 0 Å². The molecule has 0 spiro atoms. The number of aromatic carboxylic acids is 1. The van der Waals surface area contributed by atoms with Crippen molar-refractivity contribution in [3.8, 4) is 5.75 Å². The molecular formula is C26H36O3. The Morgan fingerprint density at radius 3 is 2.14 bits per heavy atom. The SMILES string of the molecule is CCc1cc(C(C)(CC)c2ccc(C(=O)O)c(C)c2)ccc1OCCC(C)(C)C. The van der Waals surface area contributed by atoms with E-state index in [0.29, 0.717) is 5.56 Å². The molecule has 0 fully saturated rings. The Bertz CT molecular complexity index is 861. The predicted molar refractivity (Wildman–Crippen MR) is 120 cm³/mol. The summed E-state index contributed by atoms with van der Waals surface area (Å²) in [5, 5.41) is 9.34. The van der Waals surface area contributed by atoms with E-state index in [4.69, 9.17) is 4.74 Å². The first kappa shape index (κ1) is 23.0. The molecule has 1 N–H and O–H groups in total. The number of ether oxygens (including phenoxy) is 1. The van der Waals surface area contributed by atoms with Crippen LogP contribution in [0.4, 0.5) is 0 Å². The maximum absolute atomic E-state index is 11.4. The highest BCUT2D eigenvalue weighted by Crippen LogP contribution is 2.38. The van der Waals surface area contributed by atoms with Gasteiger partial charge in [0, 0.05) is 5.41 Å². The molecule has 0 aromatic heterocycles. The molecule has 3 heteroatoms. The lowest BCUT2D eigenvalue weighted by Gasteiger charge is -2.31. The zero-order valence-electron chi connectivity index (χ0n) is 19.1. The standard InChI is InChI=1S/C26H36O3/c1-8-19-17-21(11-13-23(19)29-15-14-25(4,5)6)26(7,9-2)20-10-12-22(24(27)28)18(3)16-20/h10-13,16-17H,8-9,14-15H2,1-7H3,(H,27,28). The average molecular weight is 397 g/mol.